The lowest BCUT2D eigenvalue weighted by molar-refractivity contribution is -0.121. The highest BCUT2D eigenvalue weighted by atomic mass is 19.1. The van der Waals surface area contributed by atoms with E-state index in [-0.39, 0.29) is 31.6 Å². The van der Waals surface area contributed by atoms with Crippen molar-refractivity contribution in [1.82, 2.24) is 0 Å². The number of carbonyl (C=O) groups excluding carboxylic acids is 2. The van der Waals surface area contributed by atoms with Crippen molar-refractivity contribution in [1.29, 1.82) is 0 Å². The molecule has 1 unspecified atom stereocenters. The Morgan fingerprint density at radius 3 is 2.57 bits per heavy atom. The SMILES string of the molecule is CC(C)(CC(O)(CC(=O)Nc1ccc2c(c1)COC2=O)Cc1ccccc1)c1cc(F)ccc1O. The number of halogens is 1. The van der Waals surface area contributed by atoms with Crippen LogP contribution in [-0.2, 0) is 28.0 Å². The molecule has 0 aliphatic carbocycles. The van der Waals surface area contributed by atoms with Gasteiger partial charge in [-0.2, -0.15) is 0 Å². The predicted molar refractivity (Wildman–Crippen MR) is 130 cm³/mol. The first-order valence-electron chi connectivity index (χ1n) is 11.4. The molecular weight excluding hydrogens is 449 g/mol. The van der Waals surface area contributed by atoms with Gasteiger partial charge in [0.05, 0.1) is 17.6 Å². The number of cyclic esters (lactones) is 1. The van der Waals surface area contributed by atoms with Crippen LogP contribution < -0.4 is 5.32 Å². The highest BCUT2D eigenvalue weighted by Crippen LogP contribution is 2.40. The molecule has 7 heteroatoms. The number of anilines is 1. The number of aliphatic hydroxyl groups is 1. The zero-order valence-electron chi connectivity index (χ0n) is 19.7. The van der Waals surface area contributed by atoms with Crippen LogP contribution in [0.1, 0.15) is 53.7 Å². The summed E-state index contributed by atoms with van der Waals surface area (Å²) in [5.41, 5.74) is 0.513. The Balaban J connectivity index is 1.57. The van der Waals surface area contributed by atoms with Crippen LogP contribution in [0.2, 0.25) is 0 Å². The van der Waals surface area contributed by atoms with E-state index in [1.54, 1.807) is 32.0 Å². The largest absolute Gasteiger partial charge is 0.508 e. The van der Waals surface area contributed by atoms with E-state index >= 15 is 0 Å². The van der Waals surface area contributed by atoms with Crippen molar-refractivity contribution < 1.29 is 28.9 Å². The van der Waals surface area contributed by atoms with Crippen LogP contribution in [0.15, 0.2) is 66.7 Å². The van der Waals surface area contributed by atoms with Gasteiger partial charge in [0, 0.05) is 23.2 Å². The number of rotatable bonds is 8. The third-order valence-corrected chi connectivity index (χ3v) is 6.29. The first-order chi connectivity index (χ1) is 16.5. The summed E-state index contributed by atoms with van der Waals surface area (Å²) in [5.74, 6) is -1.36. The summed E-state index contributed by atoms with van der Waals surface area (Å²) in [7, 11) is 0. The molecule has 35 heavy (non-hydrogen) atoms. The number of nitrogens with one attached hydrogen (secondary N) is 1. The minimum atomic E-state index is -1.50. The number of fused-ring (bicyclic) bond motifs is 1. The van der Waals surface area contributed by atoms with Gasteiger partial charge in [-0.25, -0.2) is 9.18 Å². The highest BCUT2D eigenvalue weighted by molar-refractivity contribution is 5.96. The number of esters is 1. The quantitative estimate of drug-likeness (QED) is 0.402. The number of phenols is 1. The van der Waals surface area contributed by atoms with Gasteiger partial charge in [0.1, 0.15) is 18.2 Å². The van der Waals surface area contributed by atoms with Crippen molar-refractivity contribution in [2.45, 2.75) is 50.7 Å². The molecule has 0 spiro atoms. The summed E-state index contributed by atoms with van der Waals surface area (Å²) in [6, 6.07) is 17.9. The summed E-state index contributed by atoms with van der Waals surface area (Å²) >= 11 is 0. The molecule has 1 aliphatic heterocycles. The number of ether oxygens (including phenoxy) is 1. The molecule has 3 N–H and O–H groups in total. The number of carbonyl (C=O) groups is 2. The molecule has 0 fully saturated rings. The minimum Gasteiger partial charge on any atom is -0.508 e. The van der Waals surface area contributed by atoms with Gasteiger partial charge in [-0.15, -0.1) is 0 Å². The molecular formula is C28H28FNO5. The van der Waals surface area contributed by atoms with Gasteiger partial charge in [-0.1, -0.05) is 44.2 Å². The molecule has 6 nitrogen and oxygen atoms in total. The number of benzene rings is 3. The Morgan fingerprint density at radius 2 is 1.83 bits per heavy atom. The average molecular weight is 478 g/mol. The van der Waals surface area contributed by atoms with Gasteiger partial charge in [0.2, 0.25) is 5.91 Å². The Bertz CT molecular complexity index is 1260. The van der Waals surface area contributed by atoms with Gasteiger partial charge >= 0.3 is 5.97 Å². The van der Waals surface area contributed by atoms with E-state index in [1.807, 2.05) is 30.3 Å². The summed E-state index contributed by atoms with van der Waals surface area (Å²) in [6.07, 6.45) is 0.0487. The molecule has 0 bridgehead atoms. The Morgan fingerprint density at radius 1 is 1.09 bits per heavy atom. The van der Waals surface area contributed by atoms with E-state index in [4.69, 9.17) is 4.74 Å². The van der Waals surface area contributed by atoms with Crippen LogP contribution in [0.3, 0.4) is 0 Å². The number of amides is 1. The van der Waals surface area contributed by atoms with Gasteiger partial charge < -0.3 is 20.3 Å². The lowest BCUT2D eigenvalue weighted by atomic mass is 9.72. The van der Waals surface area contributed by atoms with Crippen molar-refractivity contribution in [3.8, 4) is 5.75 Å². The zero-order chi connectivity index (χ0) is 25.2. The smallest absolute Gasteiger partial charge is 0.338 e. The summed E-state index contributed by atoms with van der Waals surface area (Å²) in [6.45, 7) is 3.75. The lowest BCUT2D eigenvalue weighted by Gasteiger charge is -2.37. The minimum absolute atomic E-state index is 0.0715. The molecule has 1 atom stereocenters. The fourth-order valence-corrected chi connectivity index (χ4v) is 4.85. The maximum absolute atomic E-state index is 14.0. The van der Waals surface area contributed by atoms with Crippen LogP contribution >= 0.6 is 0 Å². The topological polar surface area (TPSA) is 95.9 Å². The van der Waals surface area contributed by atoms with Gasteiger partial charge in [-0.05, 0) is 53.8 Å². The second-order valence-corrected chi connectivity index (χ2v) is 9.78. The molecule has 1 amide bonds. The van der Waals surface area contributed by atoms with Crippen molar-refractivity contribution in [2.75, 3.05) is 5.32 Å². The number of hydrogen-bond donors (Lipinski definition) is 3. The molecule has 1 heterocycles. The average Bonchev–Trinajstić information content (AvgIpc) is 3.15. The van der Waals surface area contributed by atoms with E-state index in [0.29, 0.717) is 22.4 Å². The monoisotopic (exact) mass is 477 g/mol. The van der Waals surface area contributed by atoms with Crippen LogP contribution in [0, 0.1) is 5.82 Å². The molecule has 0 aromatic heterocycles. The van der Waals surface area contributed by atoms with Gasteiger partial charge in [-0.3, -0.25) is 4.79 Å². The molecule has 3 aromatic carbocycles. The fourth-order valence-electron chi connectivity index (χ4n) is 4.85. The molecule has 1 aliphatic rings. The second-order valence-electron chi connectivity index (χ2n) is 9.78. The normalized spacial score (nSPS) is 14.7. The number of hydrogen-bond acceptors (Lipinski definition) is 5. The predicted octanol–water partition coefficient (Wildman–Crippen LogP) is 4.87. The summed E-state index contributed by atoms with van der Waals surface area (Å²) < 4.78 is 19.0. The third-order valence-electron chi connectivity index (χ3n) is 6.29. The summed E-state index contributed by atoms with van der Waals surface area (Å²) in [5, 5.41) is 24.9. The lowest BCUT2D eigenvalue weighted by Crippen LogP contribution is -2.42. The maximum Gasteiger partial charge on any atom is 0.338 e. The molecule has 0 saturated carbocycles. The van der Waals surface area contributed by atoms with Crippen molar-refractivity contribution in [3.63, 3.8) is 0 Å². The molecule has 182 valence electrons. The van der Waals surface area contributed by atoms with Crippen molar-refractivity contribution in [2.24, 2.45) is 0 Å². The maximum atomic E-state index is 14.0. The second kappa shape index (κ2) is 9.50. The highest BCUT2D eigenvalue weighted by Gasteiger charge is 2.39. The van der Waals surface area contributed by atoms with E-state index in [2.05, 4.69) is 5.32 Å². The number of phenolic OH excluding ortho intramolecular Hbond substituents is 1. The Labute approximate surface area is 203 Å². The molecule has 4 rings (SSSR count). The van der Waals surface area contributed by atoms with Gasteiger partial charge in [0.25, 0.3) is 0 Å². The standard InChI is InChI=1S/C28H28FNO5/c1-27(2,23-13-20(29)8-11-24(23)31)17-28(34,14-18-6-4-3-5-7-18)15-25(32)30-21-9-10-22-19(12-21)16-35-26(22)33/h3-13,31,34H,14-17H2,1-2H3,(H,30,32). The fraction of sp³-hybridized carbons (Fsp3) is 0.286. The first-order valence-corrected chi connectivity index (χ1v) is 11.4. The Hall–Kier alpha value is -3.71. The zero-order valence-corrected chi connectivity index (χ0v) is 19.7. The summed E-state index contributed by atoms with van der Waals surface area (Å²) in [4.78, 5) is 24.7. The molecule has 3 aromatic rings. The molecule has 0 saturated heterocycles. The Kier molecular flexibility index (Phi) is 6.63. The van der Waals surface area contributed by atoms with Crippen LogP contribution in [0.4, 0.5) is 10.1 Å². The van der Waals surface area contributed by atoms with E-state index < -0.39 is 28.7 Å². The van der Waals surface area contributed by atoms with Crippen LogP contribution in [-0.4, -0.2) is 27.7 Å². The number of aromatic hydroxyl groups is 1. The van der Waals surface area contributed by atoms with E-state index in [1.165, 1.54) is 18.2 Å². The van der Waals surface area contributed by atoms with Crippen molar-refractivity contribution >= 4 is 17.6 Å². The van der Waals surface area contributed by atoms with E-state index in [9.17, 15) is 24.2 Å². The van der Waals surface area contributed by atoms with Gasteiger partial charge in [0.15, 0.2) is 0 Å². The van der Waals surface area contributed by atoms with Crippen LogP contribution in [0.25, 0.3) is 0 Å². The van der Waals surface area contributed by atoms with Crippen molar-refractivity contribution in [3.05, 3.63) is 94.8 Å². The third kappa shape index (κ3) is 5.69. The van der Waals surface area contributed by atoms with E-state index in [0.717, 1.165) is 5.56 Å². The van der Waals surface area contributed by atoms with Crippen LogP contribution in [0.5, 0.6) is 5.75 Å². The molecule has 0 radical (unpaired) electrons. The first kappa shape index (κ1) is 24.4.